The van der Waals surface area contributed by atoms with Gasteiger partial charge in [-0.2, -0.15) is 0 Å². The molecular weight excluding hydrogens is 188 g/mol. The predicted molar refractivity (Wildman–Crippen MR) is 46.8 cm³/mol. The molecule has 5 nitrogen and oxygen atoms in total. The first kappa shape index (κ1) is 10.0. The molecule has 0 radical (unpaired) electrons. The van der Waals surface area contributed by atoms with E-state index < -0.39 is 23.3 Å². The number of hydrogen-bond acceptors (Lipinski definition) is 3. The summed E-state index contributed by atoms with van der Waals surface area (Å²) >= 11 is 0. The minimum atomic E-state index is -1.35. The van der Waals surface area contributed by atoms with Gasteiger partial charge in [-0.1, -0.05) is 0 Å². The largest absolute Gasteiger partial charge is 0.507 e. The van der Waals surface area contributed by atoms with E-state index in [2.05, 4.69) is 0 Å². The van der Waals surface area contributed by atoms with Crippen molar-refractivity contribution in [2.24, 2.45) is 0 Å². The number of carboxylic acids is 2. The molecule has 0 saturated carbocycles. The standard InChI is InChI=1S/C9H8O5/c1-4-2-5(8(11)12)3-6(7(4)10)9(13)14/h2-3,10H,1H3,(H,11,12)(H,13,14). The lowest BCUT2D eigenvalue weighted by molar-refractivity contribution is 0.0693. The molecule has 0 spiro atoms. The van der Waals surface area contributed by atoms with Crippen LogP contribution in [0.2, 0.25) is 0 Å². The Kier molecular flexibility index (Phi) is 2.42. The lowest BCUT2D eigenvalue weighted by atomic mass is 10.1. The Balaban J connectivity index is 3.43. The van der Waals surface area contributed by atoms with Crippen LogP contribution in [0, 0.1) is 6.92 Å². The highest BCUT2D eigenvalue weighted by Gasteiger charge is 2.15. The van der Waals surface area contributed by atoms with Crippen molar-refractivity contribution in [3.63, 3.8) is 0 Å². The molecule has 0 fully saturated rings. The number of benzene rings is 1. The van der Waals surface area contributed by atoms with Crippen LogP contribution < -0.4 is 0 Å². The molecule has 0 heterocycles. The van der Waals surface area contributed by atoms with Gasteiger partial charge in [0.2, 0.25) is 0 Å². The van der Waals surface area contributed by atoms with Gasteiger partial charge < -0.3 is 15.3 Å². The van der Waals surface area contributed by atoms with E-state index >= 15 is 0 Å². The Morgan fingerprint density at radius 2 is 1.71 bits per heavy atom. The molecule has 1 rings (SSSR count). The quantitative estimate of drug-likeness (QED) is 0.658. The van der Waals surface area contributed by atoms with E-state index in [0.29, 0.717) is 0 Å². The van der Waals surface area contributed by atoms with Crippen molar-refractivity contribution < 1.29 is 24.9 Å². The van der Waals surface area contributed by atoms with Crippen LogP contribution in [0.4, 0.5) is 0 Å². The molecule has 0 bridgehead atoms. The van der Waals surface area contributed by atoms with Crippen molar-refractivity contribution >= 4 is 11.9 Å². The molecule has 1 aromatic rings. The van der Waals surface area contributed by atoms with Gasteiger partial charge in [0.1, 0.15) is 11.3 Å². The third-order valence-corrected chi connectivity index (χ3v) is 1.78. The summed E-state index contributed by atoms with van der Waals surface area (Å²) in [5.74, 6) is -2.98. The van der Waals surface area contributed by atoms with Crippen molar-refractivity contribution in [3.8, 4) is 5.75 Å². The number of aryl methyl sites for hydroxylation is 1. The molecule has 0 aliphatic heterocycles. The molecule has 5 heteroatoms. The summed E-state index contributed by atoms with van der Waals surface area (Å²) in [7, 11) is 0. The normalized spacial score (nSPS) is 9.79. The maximum Gasteiger partial charge on any atom is 0.339 e. The van der Waals surface area contributed by atoms with Crippen LogP contribution >= 0.6 is 0 Å². The lowest BCUT2D eigenvalue weighted by Gasteiger charge is -2.04. The van der Waals surface area contributed by atoms with Gasteiger partial charge in [-0.05, 0) is 24.6 Å². The molecule has 0 saturated heterocycles. The number of aromatic carboxylic acids is 2. The second-order valence-electron chi connectivity index (χ2n) is 2.80. The van der Waals surface area contributed by atoms with Gasteiger partial charge >= 0.3 is 11.9 Å². The van der Waals surface area contributed by atoms with Gasteiger partial charge in [-0.25, -0.2) is 9.59 Å². The van der Waals surface area contributed by atoms with Crippen LogP contribution in [0.3, 0.4) is 0 Å². The van der Waals surface area contributed by atoms with Crippen molar-refractivity contribution in [3.05, 3.63) is 28.8 Å². The Bertz CT molecular complexity index is 408. The fraction of sp³-hybridized carbons (Fsp3) is 0.111. The van der Waals surface area contributed by atoms with Crippen molar-refractivity contribution in [1.29, 1.82) is 0 Å². The van der Waals surface area contributed by atoms with Crippen molar-refractivity contribution in [1.82, 2.24) is 0 Å². The van der Waals surface area contributed by atoms with Gasteiger partial charge in [0.05, 0.1) is 5.56 Å². The fourth-order valence-electron chi connectivity index (χ4n) is 1.07. The first-order chi connectivity index (χ1) is 6.43. The molecular formula is C9H8O5. The summed E-state index contributed by atoms with van der Waals surface area (Å²) < 4.78 is 0. The van der Waals surface area contributed by atoms with Crippen LogP contribution in [-0.4, -0.2) is 27.3 Å². The molecule has 14 heavy (non-hydrogen) atoms. The third-order valence-electron chi connectivity index (χ3n) is 1.78. The second-order valence-corrected chi connectivity index (χ2v) is 2.80. The Hall–Kier alpha value is -2.04. The Labute approximate surface area is 79.2 Å². The monoisotopic (exact) mass is 196 g/mol. The zero-order valence-electron chi connectivity index (χ0n) is 7.31. The Morgan fingerprint density at radius 3 is 2.14 bits per heavy atom. The van der Waals surface area contributed by atoms with Crippen LogP contribution in [0.15, 0.2) is 12.1 Å². The van der Waals surface area contributed by atoms with Crippen LogP contribution in [0.5, 0.6) is 5.75 Å². The van der Waals surface area contributed by atoms with Crippen molar-refractivity contribution in [2.45, 2.75) is 6.92 Å². The lowest BCUT2D eigenvalue weighted by Crippen LogP contribution is -2.03. The summed E-state index contributed by atoms with van der Waals surface area (Å²) in [6.07, 6.45) is 0. The van der Waals surface area contributed by atoms with Gasteiger partial charge in [0.25, 0.3) is 0 Å². The number of aromatic hydroxyl groups is 1. The summed E-state index contributed by atoms with van der Waals surface area (Å²) in [4.78, 5) is 21.2. The van der Waals surface area contributed by atoms with E-state index in [-0.39, 0.29) is 11.1 Å². The maximum atomic E-state index is 10.6. The Morgan fingerprint density at radius 1 is 1.14 bits per heavy atom. The highest BCUT2D eigenvalue weighted by molar-refractivity contribution is 5.96. The number of hydrogen-bond donors (Lipinski definition) is 3. The summed E-state index contributed by atoms with van der Waals surface area (Å²) in [6, 6.07) is 2.14. The minimum absolute atomic E-state index is 0.155. The van der Waals surface area contributed by atoms with Crippen LogP contribution in [0.25, 0.3) is 0 Å². The highest BCUT2D eigenvalue weighted by Crippen LogP contribution is 2.23. The van der Waals surface area contributed by atoms with E-state index in [1.807, 2.05) is 0 Å². The molecule has 0 aliphatic carbocycles. The smallest absolute Gasteiger partial charge is 0.339 e. The van der Waals surface area contributed by atoms with E-state index in [1.54, 1.807) is 0 Å². The average Bonchev–Trinajstić information content (AvgIpc) is 2.08. The van der Waals surface area contributed by atoms with Gasteiger partial charge in [-0.15, -0.1) is 0 Å². The molecule has 0 aromatic heterocycles. The fourth-order valence-corrected chi connectivity index (χ4v) is 1.07. The van der Waals surface area contributed by atoms with E-state index in [0.717, 1.165) is 6.07 Å². The summed E-state index contributed by atoms with van der Waals surface area (Å²) in [6.45, 7) is 1.44. The SMILES string of the molecule is Cc1cc(C(=O)O)cc(C(=O)O)c1O. The topological polar surface area (TPSA) is 94.8 Å². The molecule has 0 aliphatic rings. The number of rotatable bonds is 2. The van der Waals surface area contributed by atoms with E-state index in [1.165, 1.54) is 13.0 Å². The summed E-state index contributed by atoms with van der Waals surface area (Å²) in [5.41, 5.74) is -0.331. The zero-order valence-corrected chi connectivity index (χ0v) is 7.31. The van der Waals surface area contributed by atoms with Gasteiger partial charge in [-0.3, -0.25) is 0 Å². The molecule has 0 unspecified atom stereocenters. The van der Waals surface area contributed by atoms with Crippen molar-refractivity contribution in [2.75, 3.05) is 0 Å². The van der Waals surface area contributed by atoms with Gasteiger partial charge in [0.15, 0.2) is 0 Å². The molecule has 74 valence electrons. The molecule has 3 N–H and O–H groups in total. The first-order valence-electron chi connectivity index (χ1n) is 3.73. The predicted octanol–water partition coefficient (Wildman–Crippen LogP) is 1.10. The van der Waals surface area contributed by atoms with E-state index in [4.69, 9.17) is 10.2 Å². The average molecular weight is 196 g/mol. The third kappa shape index (κ3) is 1.66. The number of carbonyl (C=O) groups is 2. The highest BCUT2D eigenvalue weighted by atomic mass is 16.4. The first-order valence-corrected chi connectivity index (χ1v) is 3.73. The molecule has 0 atom stereocenters. The number of carboxylic acid groups (broad SMARTS) is 2. The minimum Gasteiger partial charge on any atom is -0.507 e. The zero-order chi connectivity index (χ0) is 10.9. The number of phenols is 1. The van der Waals surface area contributed by atoms with Gasteiger partial charge in [0, 0.05) is 0 Å². The van der Waals surface area contributed by atoms with E-state index in [9.17, 15) is 14.7 Å². The van der Waals surface area contributed by atoms with Crippen LogP contribution in [0.1, 0.15) is 26.3 Å². The second kappa shape index (κ2) is 3.37. The maximum absolute atomic E-state index is 10.6. The van der Waals surface area contributed by atoms with Crippen LogP contribution in [-0.2, 0) is 0 Å². The summed E-state index contributed by atoms with van der Waals surface area (Å²) in [5, 5.41) is 26.6. The molecule has 1 aromatic carbocycles. The molecule has 0 amide bonds.